The van der Waals surface area contributed by atoms with Crippen molar-refractivity contribution in [2.24, 2.45) is 5.41 Å². The molecule has 0 bridgehead atoms. The van der Waals surface area contributed by atoms with Gasteiger partial charge in [0.2, 0.25) is 0 Å². The molecule has 0 radical (unpaired) electrons. The van der Waals surface area contributed by atoms with E-state index in [-0.39, 0.29) is 23.2 Å². The smallest absolute Gasteiger partial charge is 0.317 e. The summed E-state index contributed by atoms with van der Waals surface area (Å²) in [6.07, 6.45) is 1.21. The zero-order valence-electron chi connectivity index (χ0n) is 13.5. The van der Waals surface area contributed by atoms with E-state index in [0.717, 1.165) is 6.42 Å². The molecule has 2 N–H and O–H groups in total. The molecule has 5 nitrogen and oxygen atoms in total. The van der Waals surface area contributed by atoms with Crippen LogP contribution in [-0.4, -0.2) is 54.0 Å². The lowest BCUT2D eigenvalue weighted by Crippen LogP contribution is -2.55. The SMILES string of the molecule is CC[C@]1(C)CN(C(=O)NCC(C)(C)C[C@@H](C)O)CCO1. The third kappa shape index (κ3) is 5.29. The van der Waals surface area contributed by atoms with Gasteiger partial charge in [-0.15, -0.1) is 0 Å². The third-order valence-electron chi connectivity index (χ3n) is 3.94. The van der Waals surface area contributed by atoms with Gasteiger partial charge in [-0.1, -0.05) is 20.8 Å². The van der Waals surface area contributed by atoms with Gasteiger partial charge in [0.15, 0.2) is 0 Å². The number of morpholine rings is 1. The minimum absolute atomic E-state index is 0.0355. The Morgan fingerprint density at radius 2 is 2.20 bits per heavy atom. The number of nitrogens with zero attached hydrogens (tertiary/aromatic N) is 1. The van der Waals surface area contributed by atoms with E-state index in [1.165, 1.54) is 0 Å². The highest BCUT2D eigenvalue weighted by atomic mass is 16.5. The number of aliphatic hydroxyl groups is 1. The van der Waals surface area contributed by atoms with Crippen LogP contribution in [0.25, 0.3) is 0 Å². The summed E-state index contributed by atoms with van der Waals surface area (Å²) in [5.41, 5.74) is -0.338. The van der Waals surface area contributed by atoms with Crippen molar-refractivity contribution in [3.05, 3.63) is 0 Å². The van der Waals surface area contributed by atoms with Crippen molar-refractivity contribution >= 4 is 6.03 Å². The van der Waals surface area contributed by atoms with Crippen molar-refractivity contribution in [1.29, 1.82) is 0 Å². The van der Waals surface area contributed by atoms with Gasteiger partial charge >= 0.3 is 6.03 Å². The molecule has 0 saturated carbocycles. The Morgan fingerprint density at radius 3 is 2.75 bits per heavy atom. The van der Waals surface area contributed by atoms with E-state index in [2.05, 4.69) is 26.1 Å². The lowest BCUT2D eigenvalue weighted by Gasteiger charge is -2.40. The summed E-state index contributed by atoms with van der Waals surface area (Å²) < 4.78 is 5.74. The van der Waals surface area contributed by atoms with Gasteiger partial charge in [-0.3, -0.25) is 0 Å². The number of carbonyl (C=O) groups excluding carboxylic acids is 1. The van der Waals surface area contributed by atoms with Crippen LogP contribution >= 0.6 is 0 Å². The highest BCUT2D eigenvalue weighted by Gasteiger charge is 2.33. The van der Waals surface area contributed by atoms with E-state index in [9.17, 15) is 9.90 Å². The second-order valence-electron chi connectivity index (χ2n) is 6.95. The van der Waals surface area contributed by atoms with Crippen molar-refractivity contribution < 1.29 is 14.6 Å². The van der Waals surface area contributed by atoms with Crippen LogP contribution < -0.4 is 5.32 Å². The van der Waals surface area contributed by atoms with Gasteiger partial charge in [-0.05, 0) is 32.1 Å². The number of amides is 2. The Balaban J connectivity index is 2.46. The number of ether oxygens (including phenoxy) is 1. The largest absolute Gasteiger partial charge is 0.393 e. The highest BCUT2D eigenvalue weighted by Crippen LogP contribution is 2.23. The van der Waals surface area contributed by atoms with Crippen molar-refractivity contribution in [3.63, 3.8) is 0 Å². The van der Waals surface area contributed by atoms with E-state index in [0.29, 0.717) is 32.7 Å². The van der Waals surface area contributed by atoms with Crippen LogP contribution in [0.15, 0.2) is 0 Å². The fraction of sp³-hybridized carbons (Fsp3) is 0.933. The van der Waals surface area contributed by atoms with E-state index in [1.54, 1.807) is 6.92 Å². The summed E-state index contributed by atoms with van der Waals surface area (Å²) in [6, 6.07) is -0.0355. The van der Waals surface area contributed by atoms with Crippen LogP contribution in [0.1, 0.15) is 47.5 Å². The quantitative estimate of drug-likeness (QED) is 0.812. The van der Waals surface area contributed by atoms with Crippen molar-refractivity contribution in [1.82, 2.24) is 10.2 Å². The van der Waals surface area contributed by atoms with Gasteiger partial charge in [0, 0.05) is 13.1 Å². The predicted octanol–water partition coefficient (Wildman–Crippen LogP) is 1.99. The zero-order valence-corrected chi connectivity index (χ0v) is 13.5. The number of nitrogens with one attached hydrogen (secondary N) is 1. The van der Waals surface area contributed by atoms with Crippen molar-refractivity contribution in [2.45, 2.75) is 59.2 Å². The van der Waals surface area contributed by atoms with Crippen LogP contribution in [0.3, 0.4) is 0 Å². The third-order valence-corrected chi connectivity index (χ3v) is 3.94. The second-order valence-corrected chi connectivity index (χ2v) is 6.95. The molecule has 1 fully saturated rings. The first-order valence-corrected chi connectivity index (χ1v) is 7.52. The molecule has 0 aromatic carbocycles. The molecule has 0 aromatic rings. The minimum Gasteiger partial charge on any atom is -0.393 e. The van der Waals surface area contributed by atoms with Gasteiger partial charge in [0.1, 0.15) is 0 Å². The molecule has 1 aliphatic rings. The monoisotopic (exact) mass is 286 g/mol. The second kappa shape index (κ2) is 6.76. The summed E-state index contributed by atoms with van der Waals surface area (Å²) in [5.74, 6) is 0. The molecule has 118 valence electrons. The fourth-order valence-electron chi connectivity index (χ4n) is 2.62. The molecule has 1 heterocycles. The molecule has 0 aromatic heterocycles. The first-order chi connectivity index (χ1) is 9.17. The molecule has 1 saturated heterocycles. The average Bonchev–Trinajstić information content (AvgIpc) is 2.34. The number of aliphatic hydroxyl groups excluding tert-OH is 1. The Kier molecular flexibility index (Phi) is 5.83. The van der Waals surface area contributed by atoms with Crippen LogP contribution in [0.4, 0.5) is 4.79 Å². The first kappa shape index (κ1) is 17.2. The Morgan fingerprint density at radius 1 is 1.55 bits per heavy atom. The molecular weight excluding hydrogens is 256 g/mol. The van der Waals surface area contributed by atoms with Crippen LogP contribution in [0.5, 0.6) is 0 Å². The summed E-state index contributed by atoms with van der Waals surface area (Å²) in [6.45, 7) is 12.4. The number of hydrogen-bond acceptors (Lipinski definition) is 3. The summed E-state index contributed by atoms with van der Waals surface area (Å²) in [5, 5.41) is 12.4. The molecule has 1 aliphatic heterocycles. The van der Waals surface area contributed by atoms with Crippen LogP contribution in [0, 0.1) is 5.41 Å². The molecule has 0 unspecified atom stereocenters. The summed E-state index contributed by atoms with van der Waals surface area (Å²) in [4.78, 5) is 14.1. The zero-order chi connectivity index (χ0) is 15.4. The molecule has 0 spiro atoms. The van der Waals surface area contributed by atoms with Gasteiger partial charge in [0.05, 0.1) is 24.9 Å². The topological polar surface area (TPSA) is 61.8 Å². The van der Waals surface area contributed by atoms with Crippen molar-refractivity contribution in [2.75, 3.05) is 26.2 Å². The Bertz CT molecular complexity index is 331. The standard InChI is InChI=1S/C15H30N2O3/c1-6-15(5)11-17(7-8-20-15)13(19)16-10-14(3,4)9-12(2)18/h12,18H,6-11H2,1-5H3,(H,16,19)/t12-,15-/m1/s1. The van der Waals surface area contributed by atoms with E-state index >= 15 is 0 Å². The molecular formula is C15H30N2O3. The maximum atomic E-state index is 12.2. The Labute approximate surface area is 122 Å². The van der Waals surface area contributed by atoms with Gasteiger partial charge in [-0.2, -0.15) is 0 Å². The van der Waals surface area contributed by atoms with Gasteiger partial charge in [0.25, 0.3) is 0 Å². The molecule has 0 aliphatic carbocycles. The molecule has 20 heavy (non-hydrogen) atoms. The normalized spacial score (nSPS) is 25.4. The summed E-state index contributed by atoms with van der Waals surface area (Å²) in [7, 11) is 0. The van der Waals surface area contributed by atoms with E-state index < -0.39 is 0 Å². The lowest BCUT2D eigenvalue weighted by atomic mass is 9.87. The van der Waals surface area contributed by atoms with Crippen molar-refractivity contribution in [3.8, 4) is 0 Å². The summed E-state index contributed by atoms with van der Waals surface area (Å²) >= 11 is 0. The number of urea groups is 1. The fourth-order valence-corrected chi connectivity index (χ4v) is 2.62. The molecule has 5 heteroatoms. The van der Waals surface area contributed by atoms with Gasteiger partial charge < -0.3 is 20.1 Å². The van der Waals surface area contributed by atoms with E-state index in [1.807, 2.05) is 11.8 Å². The molecule has 2 amide bonds. The highest BCUT2D eigenvalue weighted by molar-refractivity contribution is 5.74. The maximum Gasteiger partial charge on any atom is 0.317 e. The molecule has 2 atom stereocenters. The van der Waals surface area contributed by atoms with Gasteiger partial charge in [-0.25, -0.2) is 4.79 Å². The first-order valence-electron chi connectivity index (χ1n) is 7.52. The Hall–Kier alpha value is -0.810. The number of carbonyl (C=O) groups is 1. The maximum absolute atomic E-state index is 12.2. The van der Waals surface area contributed by atoms with Crippen LogP contribution in [-0.2, 0) is 4.74 Å². The van der Waals surface area contributed by atoms with Crippen LogP contribution in [0.2, 0.25) is 0 Å². The molecule has 1 rings (SSSR count). The number of hydrogen-bond donors (Lipinski definition) is 2. The lowest BCUT2D eigenvalue weighted by molar-refractivity contribution is -0.0873. The predicted molar refractivity (Wildman–Crippen MR) is 79.7 cm³/mol. The average molecular weight is 286 g/mol. The number of rotatable bonds is 5. The van der Waals surface area contributed by atoms with E-state index in [4.69, 9.17) is 4.74 Å². The minimum atomic E-state index is -0.353.